The van der Waals surface area contributed by atoms with E-state index in [-0.39, 0.29) is 0 Å². The van der Waals surface area contributed by atoms with Crippen LogP contribution in [0.15, 0.2) is 18.2 Å². The van der Waals surface area contributed by atoms with E-state index in [1.165, 1.54) is 11.3 Å². The summed E-state index contributed by atoms with van der Waals surface area (Å²) in [6.07, 6.45) is 0.983. The van der Waals surface area contributed by atoms with Gasteiger partial charge in [-0.05, 0) is 24.1 Å². The largest absolute Gasteiger partial charge is 0.435 e. The Morgan fingerprint density at radius 2 is 2.11 bits per heavy atom. The van der Waals surface area contributed by atoms with E-state index in [9.17, 15) is 0 Å². The SMILES string of the molecule is CO[B]Nc1ccc2c(c1)NCC(N[B]OC)C2. The van der Waals surface area contributed by atoms with Crippen molar-refractivity contribution >= 4 is 26.6 Å². The first kappa shape index (κ1) is 13.3. The van der Waals surface area contributed by atoms with Crippen molar-refractivity contribution in [3.8, 4) is 0 Å². The maximum Gasteiger partial charge on any atom is 0.435 e. The van der Waals surface area contributed by atoms with Crippen molar-refractivity contribution in [3.05, 3.63) is 23.8 Å². The van der Waals surface area contributed by atoms with Gasteiger partial charge in [-0.3, -0.25) is 0 Å². The van der Waals surface area contributed by atoms with Gasteiger partial charge in [-0.25, -0.2) is 0 Å². The molecule has 5 nitrogen and oxygen atoms in total. The Hall–Kier alpha value is -1.17. The third-order valence-electron chi connectivity index (χ3n) is 2.88. The van der Waals surface area contributed by atoms with E-state index in [1.807, 2.05) is 6.07 Å². The van der Waals surface area contributed by atoms with Gasteiger partial charge in [0.15, 0.2) is 0 Å². The molecule has 3 N–H and O–H groups in total. The molecule has 0 aromatic heterocycles. The van der Waals surface area contributed by atoms with Crippen molar-refractivity contribution < 1.29 is 9.31 Å². The number of anilines is 2. The molecule has 2 radical (unpaired) electrons. The molecule has 0 amide bonds. The van der Waals surface area contributed by atoms with Crippen LogP contribution in [0.2, 0.25) is 0 Å². The highest BCUT2D eigenvalue weighted by Gasteiger charge is 2.18. The van der Waals surface area contributed by atoms with Crippen LogP contribution in [-0.4, -0.2) is 42.0 Å². The van der Waals surface area contributed by atoms with E-state index >= 15 is 0 Å². The molecular weight excluding hydrogens is 228 g/mol. The highest BCUT2D eigenvalue weighted by atomic mass is 16.4. The summed E-state index contributed by atoms with van der Waals surface area (Å²) in [5.41, 5.74) is 3.48. The Labute approximate surface area is 109 Å². The van der Waals surface area contributed by atoms with Crippen LogP contribution in [0.25, 0.3) is 0 Å². The number of hydrogen-bond acceptors (Lipinski definition) is 5. The van der Waals surface area contributed by atoms with Crippen LogP contribution in [0, 0.1) is 0 Å². The summed E-state index contributed by atoms with van der Waals surface area (Å²) in [4.78, 5) is 0. The van der Waals surface area contributed by atoms with Crippen molar-refractivity contribution in [1.82, 2.24) is 5.23 Å². The van der Waals surface area contributed by atoms with Crippen molar-refractivity contribution in [2.45, 2.75) is 12.5 Å². The molecular formula is C11H17B2N3O2. The molecule has 0 fully saturated rings. The fourth-order valence-electron chi connectivity index (χ4n) is 1.99. The molecule has 0 spiro atoms. The topological polar surface area (TPSA) is 54.5 Å². The lowest BCUT2D eigenvalue weighted by atomic mass is 9.97. The van der Waals surface area contributed by atoms with Crippen LogP contribution in [0.1, 0.15) is 5.56 Å². The molecule has 1 aliphatic heterocycles. The van der Waals surface area contributed by atoms with Gasteiger partial charge in [-0.2, -0.15) is 0 Å². The maximum absolute atomic E-state index is 4.90. The highest BCUT2D eigenvalue weighted by molar-refractivity contribution is 6.32. The Bertz CT molecular complexity index is 393. The Balaban J connectivity index is 1.97. The van der Waals surface area contributed by atoms with Crippen LogP contribution in [0.5, 0.6) is 0 Å². The second-order valence-electron chi connectivity index (χ2n) is 4.17. The third kappa shape index (κ3) is 3.41. The summed E-state index contributed by atoms with van der Waals surface area (Å²) in [7, 11) is 6.44. The van der Waals surface area contributed by atoms with E-state index in [0.29, 0.717) is 6.04 Å². The fourth-order valence-corrected chi connectivity index (χ4v) is 1.99. The van der Waals surface area contributed by atoms with Crippen molar-refractivity contribution in [1.29, 1.82) is 0 Å². The Morgan fingerprint density at radius 1 is 1.28 bits per heavy atom. The van der Waals surface area contributed by atoms with Gasteiger partial charge in [0.25, 0.3) is 0 Å². The minimum Gasteiger partial charge on any atom is -0.427 e. The summed E-state index contributed by atoms with van der Waals surface area (Å²) in [6.45, 7) is 0.879. The predicted octanol–water partition coefficient (Wildman–Crippen LogP) is 0.386. The Kier molecular flexibility index (Phi) is 4.92. The number of nitrogens with one attached hydrogen (secondary N) is 3. The van der Waals surface area contributed by atoms with Gasteiger partial charge in [-0.1, -0.05) is 6.07 Å². The standard InChI is InChI=1S/C11H17B2N3O2/c1-17-12-15-9-4-3-8-5-10(16-13-18-2)7-14-11(8)6-9/h3-4,6,10,14-16H,5,7H2,1-2H3. The smallest absolute Gasteiger partial charge is 0.427 e. The summed E-state index contributed by atoms with van der Waals surface area (Å²) >= 11 is 0. The summed E-state index contributed by atoms with van der Waals surface area (Å²) in [6, 6.07) is 6.61. The monoisotopic (exact) mass is 245 g/mol. The van der Waals surface area contributed by atoms with Crippen molar-refractivity contribution in [3.63, 3.8) is 0 Å². The van der Waals surface area contributed by atoms with Crippen LogP contribution < -0.4 is 15.8 Å². The van der Waals surface area contributed by atoms with Gasteiger partial charge in [-0.15, -0.1) is 0 Å². The molecule has 0 bridgehead atoms. The lowest BCUT2D eigenvalue weighted by Gasteiger charge is -2.27. The van der Waals surface area contributed by atoms with Crippen LogP contribution in [0.4, 0.5) is 11.4 Å². The van der Waals surface area contributed by atoms with Gasteiger partial charge in [0.2, 0.25) is 0 Å². The normalized spacial score (nSPS) is 17.6. The molecule has 0 aliphatic carbocycles. The van der Waals surface area contributed by atoms with Gasteiger partial charge in [0.1, 0.15) is 0 Å². The van der Waals surface area contributed by atoms with E-state index in [0.717, 1.165) is 18.7 Å². The van der Waals surface area contributed by atoms with Crippen LogP contribution in [0.3, 0.4) is 0 Å². The van der Waals surface area contributed by atoms with E-state index in [1.54, 1.807) is 29.5 Å². The summed E-state index contributed by atoms with van der Waals surface area (Å²) in [5, 5.41) is 9.68. The first-order valence-electron chi connectivity index (χ1n) is 5.92. The fraction of sp³-hybridized carbons (Fsp3) is 0.455. The Morgan fingerprint density at radius 3 is 2.89 bits per heavy atom. The lowest BCUT2D eigenvalue weighted by Crippen LogP contribution is -2.42. The predicted molar refractivity (Wildman–Crippen MR) is 74.7 cm³/mol. The molecule has 1 unspecified atom stereocenters. The molecule has 1 aliphatic rings. The zero-order valence-corrected chi connectivity index (χ0v) is 10.7. The molecule has 0 saturated carbocycles. The lowest BCUT2D eigenvalue weighted by molar-refractivity contribution is 0.420. The van der Waals surface area contributed by atoms with Crippen LogP contribution in [-0.2, 0) is 15.7 Å². The van der Waals surface area contributed by atoms with Gasteiger partial charge >= 0.3 is 15.2 Å². The first-order chi connectivity index (χ1) is 8.83. The minimum atomic E-state index is 0.363. The number of fused-ring (bicyclic) bond motifs is 1. The van der Waals surface area contributed by atoms with Gasteiger partial charge in [0, 0.05) is 38.2 Å². The minimum absolute atomic E-state index is 0.363. The molecule has 1 atom stereocenters. The average Bonchev–Trinajstić information content (AvgIpc) is 2.42. The quantitative estimate of drug-likeness (QED) is 0.633. The van der Waals surface area contributed by atoms with E-state index in [4.69, 9.17) is 9.31 Å². The third-order valence-corrected chi connectivity index (χ3v) is 2.88. The van der Waals surface area contributed by atoms with Gasteiger partial charge in [0.05, 0.1) is 0 Å². The second-order valence-corrected chi connectivity index (χ2v) is 4.17. The average molecular weight is 245 g/mol. The maximum atomic E-state index is 4.90. The molecule has 1 heterocycles. The molecule has 18 heavy (non-hydrogen) atoms. The molecule has 2 rings (SSSR count). The van der Waals surface area contributed by atoms with E-state index in [2.05, 4.69) is 27.9 Å². The van der Waals surface area contributed by atoms with Crippen LogP contribution >= 0.6 is 0 Å². The molecule has 7 heteroatoms. The van der Waals surface area contributed by atoms with Crippen molar-refractivity contribution in [2.24, 2.45) is 0 Å². The number of rotatable bonds is 6. The molecule has 0 saturated heterocycles. The van der Waals surface area contributed by atoms with E-state index < -0.39 is 0 Å². The van der Waals surface area contributed by atoms with Gasteiger partial charge < -0.3 is 25.1 Å². The highest BCUT2D eigenvalue weighted by Crippen LogP contribution is 2.25. The summed E-state index contributed by atoms with van der Waals surface area (Å²) in [5.74, 6) is 0. The zero-order valence-electron chi connectivity index (χ0n) is 10.7. The summed E-state index contributed by atoms with van der Waals surface area (Å²) < 4.78 is 9.77. The number of benzene rings is 1. The second kappa shape index (κ2) is 6.68. The number of hydrogen-bond donors (Lipinski definition) is 3. The molecule has 94 valence electrons. The molecule has 1 aromatic carbocycles. The first-order valence-corrected chi connectivity index (χ1v) is 5.92. The molecule has 1 aromatic rings. The zero-order chi connectivity index (χ0) is 12.8. The van der Waals surface area contributed by atoms with Crippen molar-refractivity contribution in [2.75, 3.05) is 31.3 Å².